The Morgan fingerprint density at radius 3 is 2.39 bits per heavy atom. The number of piperazine rings is 1. The molecule has 2 aromatic rings. The molecule has 0 atom stereocenters. The van der Waals surface area contributed by atoms with Gasteiger partial charge in [-0.3, -0.25) is 14.4 Å². The van der Waals surface area contributed by atoms with Gasteiger partial charge in [-0.1, -0.05) is 23.2 Å². The van der Waals surface area contributed by atoms with Crippen molar-refractivity contribution in [1.29, 1.82) is 0 Å². The van der Waals surface area contributed by atoms with Crippen molar-refractivity contribution in [1.82, 2.24) is 15.6 Å². The Labute approximate surface area is 194 Å². The van der Waals surface area contributed by atoms with Crippen molar-refractivity contribution in [2.45, 2.75) is 6.92 Å². The monoisotopic (exact) mass is 489 g/mol. The number of carbonyl (C=O) groups is 3. The molecule has 31 heavy (non-hydrogen) atoms. The summed E-state index contributed by atoms with van der Waals surface area (Å²) in [5.41, 5.74) is 2.17. The summed E-state index contributed by atoms with van der Waals surface area (Å²) in [7, 11) is 0. The molecular weight excluding hydrogens is 469 g/mol. The Morgan fingerprint density at radius 1 is 1.13 bits per heavy atom. The van der Waals surface area contributed by atoms with Crippen LogP contribution >= 0.6 is 35.6 Å². The molecular formula is C19H22Cl3N5O4. The summed E-state index contributed by atoms with van der Waals surface area (Å²) in [5.74, 6) is -2.11. The van der Waals surface area contributed by atoms with E-state index < -0.39 is 24.3 Å². The highest BCUT2D eigenvalue weighted by molar-refractivity contribution is 6.44. The predicted molar refractivity (Wildman–Crippen MR) is 122 cm³/mol. The van der Waals surface area contributed by atoms with Crippen LogP contribution in [0.3, 0.4) is 0 Å². The fraction of sp³-hybridized carbons (Fsp3) is 0.316. The van der Waals surface area contributed by atoms with Crippen LogP contribution in [-0.4, -0.2) is 60.6 Å². The molecule has 0 saturated carbocycles. The predicted octanol–water partition coefficient (Wildman–Crippen LogP) is 2.53. The maximum absolute atomic E-state index is 12.8. The number of aliphatic carboxylic acids is 1. The average molecular weight is 491 g/mol. The first-order valence-electron chi connectivity index (χ1n) is 9.22. The minimum absolute atomic E-state index is 0. The van der Waals surface area contributed by atoms with Gasteiger partial charge in [-0.05, 0) is 25.1 Å². The smallest absolute Gasteiger partial charge is 0.322 e. The van der Waals surface area contributed by atoms with Crippen LogP contribution in [0.25, 0.3) is 0 Å². The molecule has 9 nitrogen and oxygen atoms in total. The average Bonchev–Trinajstić information content (AvgIpc) is 3.00. The molecule has 12 heteroatoms. The minimum Gasteiger partial charge on any atom is -0.480 e. The van der Waals surface area contributed by atoms with Crippen molar-refractivity contribution in [3.05, 3.63) is 45.2 Å². The molecule has 2 heterocycles. The fourth-order valence-corrected chi connectivity index (χ4v) is 3.53. The van der Waals surface area contributed by atoms with E-state index in [1.54, 1.807) is 19.1 Å². The molecule has 1 aromatic heterocycles. The number of aromatic amines is 1. The molecule has 1 aliphatic heterocycles. The number of anilines is 2. The third-order valence-corrected chi connectivity index (χ3v) is 5.59. The lowest BCUT2D eigenvalue weighted by molar-refractivity contribution is -0.135. The number of amides is 2. The van der Waals surface area contributed by atoms with E-state index in [4.69, 9.17) is 28.3 Å². The van der Waals surface area contributed by atoms with Gasteiger partial charge in [0.15, 0.2) is 0 Å². The quantitative estimate of drug-likeness (QED) is 0.423. The Kier molecular flexibility index (Phi) is 8.58. The molecule has 1 aromatic carbocycles. The number of benzene rings is 1. The van der Waals surface area contributed by atoms with Crippen LogP contribution in [-0.2, 0) is 4.79 Å². The summed E-state index contributed by atoms with van der Waals surface area (Å²) >= 11 is 12.2. The van der Waals surface area contributed by atoms with E-state index in [2.05, 4.69) is 20.9 Å². The van der Waals surface area contributed by atoms with E-state index in [1.807, 2.05) is 4.90 Å². The molecule has 1 fully saturated rings. The Balaban J connectivity index is 0.00000341. The van der Waals surface area contributed by atoms with Gasteiger partial charge in [0.05, 0.1) is 21.4 Å². The summed E-state index contributed by atoms with van der Waals surface area (Å²) in [6.07, 6.45) is 0. The van der Waals surface area contributed by atoms with E-state index in [0.29, 0.717) is 35.7 Å². The number of hydrogen-bond donors (Lipinski definition) is 5. The van der Waals surface area contributed by atoms with Gasteiger partial charge in [-0.15, -0.1) is 12.4 Å². The number of nitrogens with zero attached hydrogens (tertiary/aromatic N) is 1. The van der Waals surface area contributed by atoms with Gasteiger partial charge in [-0.25, -0.2) is 0 Å². The summed E-state index contributed by atoms with van der Waals surface area (Å²) < 4.78 is 0. The zero-order valence-electron chi connectivity index (χ0n) is 16.6. The standard InChI is InChI=1S/C19H21Cl2N5O4.ClH/c1-10-15(20)16(21)17(24-10)19(30)25-12-3-2-11(18(29)23-9-14(27)28)8-13(12)26-6-4-22-5-7-26;/h2-3,8,22,24H,4-7,9H2,1H3,(H,23,29)(H,25,30)(H,27,28);1H. The lowest BCUT2D eigenvalue weighted by atomic mass is 10.1. The number of carbonyl (C=O) groups excluding carboxylic acids is 2. The lowest BCUT2D eigenvalue weighted by Gasteiger charge is -2.31. The first-order valence-corrected chi connectivity index (χ1v) is 9.98. The molecule has 0 spiro atoms. The summed E-state index contributed by atoms with van der Waals surface area (Å²) in [6, 6.07) is 4.76. The van der Waals surface area contributed by atoms with Crippen LogP contribution < -0.4 is 20.9 Å². The van der Waals surface area contributed by atoms with Crippen LogP contribution in [0.4, 0.5) is 11.4 Å². The number of carboxylic acid groups (broad SMARTS) is 1. The number of carboxylic acids is 1. The van der Waals surface area contributed by atoms with E-state index in [9.17, 15) is 14.4 Å². The molecule has 168 valence electrons. The third kappa shape index (κ3) is 5.82. The van der Waals surface area contributed by atoms with Gasteiger partial charge < -0.3 is 30.9 Å². The largest absolute Gasteiger partial charge is 0.480 e. The van der Waals surface area contributed by atoms with Crippen LogP contribution in [0.1, 0.15) is 26.5 Å². The molecule has 5 N–H and O–H groups in total. The highest BCUT2D eigenvalue weighted by Gasteiger charge is 2.22. The van der Waals surface area contributed by atoms with Crippen LogP contribution in [0.15, 0.2) is 18.2 Å². The van der Waals surface area contributed by atoms with Gasteiger partial charge in [0, 0.05) is 37.4 Å². The number of nitrogens with one attached hydrogen (secondary N) is 4. The van der Waals surface area contributed by atoms with Crippen LogP contribution in [0.5, 0.6) is 0 Å². The van der Waals surface area contributed by atoms with Crippen molar-refractivity contribution in [2.75, 3.05) is 42.9 Å². The zero-order chi connectivity index (χ0) is 21.8. The molecule has 0 bridgehead atoms. The highest BCUT2D eigenvalue weighted by atomic mass is 35.5. The van der Waals surface area contributed by atoms with Gasteiger partial charge >= 0.3 is 5.97 Å². The second-order valence-corrected chi connectivity index (χ2v) is 7.51. The molecule has 0 unspecified atom stereocenters. The number of rotatable bonds is 6. The van der Waals surface area contributed by atoms with Crippen molar-refractivity contribution in [3.8, 4) is 0 Å². The molecule has 1 saturated heterocycles. The van der Waals surface area contributed by atoms with Crippen molar-refractivity contribution in [2.24, 2.45) is 0 Å². The molecule has 1 aliphatic rings. The Hall–Kier alpha value is -2.46. The molecule has 3 rings (SSSR count). The Morgan fingerprint density at radius 2 is 1.81 bits per heavy atom. The molecule has 0 radical (unpaired) electrons. The van der Waals surface area contributed by atoms with Crippen molar-refractivity contribution >= 4 is 64.8 Å². The van der Waals surface area contributed by atoms with Gasteiger partial charge in [0.2, 0.25) is 0 Å². The minimum atomic E-state index is -1.13. The number of H-pyrrole nitrogens is 1. The molecule has 0 aliphatic carbocycles. The van der Waals surface area contributed by atoms with Crippen molar-refractivity contribution < 1.29 is 19.5 Å². The van der Waals surface area contributed by atoms with E-state index >= 15 is 0 Å². The molecule has 2 amide bonds. The van der Waals surface area contributed by atoms with Crippen LogP contribution in [0.2, 0.25) is 10.0 Å². The number of halogens is 3. The number of aryl methyl sites for hydroxylation is 1. The van der Waals surface area contributed by atoms with Gasteiger partial charge in [0.25, 0.3) is 11.8 Å². The second kappa shape index (κ2) is 10.7. The number of aromatic nitrogens is 1. The first-order chi connectivity index (χ1) is 14.3. The maximum Gasteiger partial charge on any atom is 0.322 e. The van der Waals surface area contributed by atoms with E-state index in [-0.39, 0.29) is 28.1 Å². The fourth-order valence-electron chi connectivity index (χ4n) is 3.12. The summed E-state index contributed by atoms with van der Waals surface area (Å²) in [6.45, 7) is 4.09. The van der Waals surface area contributed by atoms with Crippen molar-refractivity contribution in [3.63, 3.8) is 0 Å². The number of hydrogen-bond acceptors (Lipinski definition) is 5. The summed E-state index contributed by atoms with van der Waals surface area (Å²) in [5, 5.41) is 17.6. The Bertz CT molecular complexity index is 989. The highest BCUT2D eigenvalue weighted by Crippen LogP contribution is 2.32. The third-order valence-electron chi connectivity index (χ3n) is 4.65. The topological polar surface area (TPSA) is 127 Å². The maximum atomic E-state index is 12.8. The van der Waals surface area contributed by atoms with E-state index in [1.165, 1.54) is 6.07 Å². The zero-order valence-corrected chi connectivity index (χ0v) is 18.9. The normalized spacial score (nSPS) is 13.3. The van der Waals surface area contributed by atoms with Gasteiger partial charge in [-0.2, -0.15) is 0 Å². The van der Waals surface area contributed by atoms with Crippen LogP contribution in [0, 0.1) is 6.92 Å². The van der Waals surface area contributed by atoms with Gasteiger partial charge in [0.1, 0.15) is 12.2 Å². The SMILES string of the molecule is Cc1[nH]c(C(=O)Nc2ccc(C(=O)NCC(=O)O)cc2N2CCNCC2)c(Cl)c1Cl.Cl. The first kappa shape index (κ1) is 24.8. The summed E-state index contributed by atoms with van der Waals surface area (Å²) in [4.78, 5) is 40.7. The second-order valence-electron chi connectivity index (χ2n) is 6.75. The lowest BCUT2D eigenvalue weighted by Crippen LogP contribution is -2.44. The van der Waals surface area contributed by atoms with E-state index in [0.717, 1.165) is 13.1 Å².